The number of hydrogen-bond donors (Lipinski definition) is 0. The predicted molar refractivity (Wildman–Crippen MR) is 65.0 cm³/mol. The molecule has 0 aliphatic carbocycles. The highest BCUT2D eigenvalue weighted by Gasteiger charge is 2.11. The lowest BCUT2D eigenvalue weighted by Gasteiger charge is -2.17. The van der Waals surface area contributed by atoms with Crippen LogP contribution >= 0.6 is 0 Å². The standard InChI is InChI=1S/C13H19NO2/c1-9(2)7-14-12(10(3)4)6-5-11(8-15)13(14)16/h5-6,8-10H,7H2,1-4H3. The molecule has 0 amide bonds. The lowest BCUT2D eigenvalue weighted by molar-refractivity contribution is 0.112. The molecule has 0 spiro atoms. The summed E-state index contributed by atoms with van der Waals surface area (Å²) in [7, 11) is 0. The van der Waals surface area contributed by atoms with Crippen molar-refractivity contribution in [3.05, 3.63) is 33.7 Å². The topological polar surface area (TPSA) is 39.1 Å². The zero-order chi connectivity index (χ0) is 12.3. The molecule has 0 saturated carbocycles. The van der Waals surface area contributed by atoms with E-state index in [1.807, 2.05) is 19.9 Å². The number of rotatable bonds is 4. The van der Waals surface area contributed by atoms with Crippen LogP contribution in [0.3, 0.4) is 0 Å². The van der Waals surface area contributed by atoms with Crippen molar-refractivity contribution in [2.45, 2.75) is 40.2 Å². The lowest BCUT2D eigenvalue weighted by Crippen LogP contribution is -2.28. The summed E-state index contributed by atoms with van der Waals surface area (Å²) in [6, 6.07) is 3.49. The van der Waals surface area contributed by atoms with Gasteiger partial charge in [-0.1, -0.05) is 27.7 Å². The largest absolute Gasteiger partial charge is 0.312 e. The molecule has 0 atom stereocenters. The highest BCUT2D eigenvalue weighted by atomic mass is 16.1. The summed E-state index contributed by atoms with van der Waals surface area (Å²) in [5.41, 5.74) is 1.06. The fraction of sp³-hybridized carbons (Fsp3) is 0.538. The Labute approximate surface area is 96.1 Å². The van der Waals surface area contributed by atoms with Gasteiger partial charge in [0.15, 0.2) is 6.29 Å². The molecule has 0 aliphatic rings. The smallest absolute Gasteiger partial charge is 0.261 e. The average Bonchev–Trinajstić information content (AvgIpc) is 2.19. The Bertz CT molecular complexity index is 430. The summed E-state index contributed by atoms with van der Waals surface area (Å²) >= 11 is 0. The van der Waals surface area contributed by atoms with Crippen LogP contribution in [0.1, 0.15) is 49.7 Å². The van der Waals surface area contributed by atoms with E-state index in [0.29, 0.717) is 18.7 Å². The molecule has 0 radical (unpaired) electrons. The molecule has 0 aromatic carbocycles. The summed E-state index contributed by atoms with van der Waals surface area (Å²) in [5, 5.41) is 0. The van der Waals surface area contributed by atoms with Gasteiger partial charge >= 0.3 is 0 Å². The summed E-state index contributed by atoms with van der Waals surface area (Å²) in [4.78, 5) is 22.7. The zero-order valence-electron chi connectivity index (χ0n) is 10.4. The van der Waals surface area contributed by atoms with Gasteiger partial charge in [-0.3, -0.25) is 9.59 Å². The molecule has 3 nitrogen and oxygen atoms in total. The van der Waals surface area contributed by atoms with E-state index in [0.717, 1.165) is 5.69 Å². The van der Waals surface area contributed by atoms with E-state index < -0.39 is 0 Å². The van der Waals surface area contributed by atoms with Crippen LogP contribution in [-0.4, -0.2) is 10.9 Å². The number of pyridine rings is 1. The SMILES string of the molecule is CC(C)Cn1c(C(C)C)ccc(C=O)c1=O. The number of hydrogen-bond acceptors (Lipinski definition) is 2. The van der Waals surface area contributed by atoms with Crippen molar-refractivity contribution >= 4 is 6.29 Å². The maximum Gasteiger partial charge on any atom is 0.261 e. The molecule has 3 heteroatoms. The second kappa shape index (κ2) is 5.10. The number of nitrogens with zero attached hydrogens (tertiary/aromatic N) is 1. The van der Waals surface area contributed by atoms with Gasteiger partial charge in [0.25, 0.3) is 5.56 Å². The van der Waals surface area contributed by atoms with E-state index >= 15 is 0 Å². The van der Waals surface area contributed by atoms with Crippen molar-refractivity contribution in [2.24, 2.45) is 5.92 Å². The second-order valence-corrected chi connectivity index (χ2v) is 4.80. The Morgan fingerprint density at radius 3 is 2.31 bits per heavy atom. The van der Waals surface area contributed by atoms with Gasteiger partial charge in [0.2, 0.25) is 0 Å². The van der Waals surface area contributed by atoms with Crippen LogP contribution in [0.2, 0.25) is 0 Å². The van der Waals surface area contributed by atoms with Gasteiger partial charge in [-0.15, -0.1) is 0 Å². The summed E-state index contributed by atoms with van der Waals surface area (Å²) < 4.78 is 1.72. The first kappa shape index (κ1) is 12.7. The van der Waals surface area contributed by atoms with Gasteiger partial charge in [-0.05, 0) is 24.0 Å². The molecule has 1 heterocycles. The first-order chi connectivity index (χ1) is 7.47. The Morgan fingerprint density at radius 2 is 1.88 bits per heavy atom. The van der Waals surface area contributed by atoms with E-state index in [1.165, 1.54) is 0 Å². The summed E-state index contributed by atoms with van der Waals surface area (Å²) in [5.74, 6) is 0.671. The Kier molecular flexibility index (Phi) is 4.05. The van der Waals surface area contributed by atoms with Crippen LogP contribution < -0.4 is 5.56 Å². The number of carbonyl (C=O) groups is 1. The normalized spacial score (nSPS) is 11.1. The Hall–Kier alpha value is -1.38. The molecular formula is C13H19NO2. The molecule has 1 rings (SSSR count). The van der Waals surface area contributed by atoms with Gasteiger partial charge in [0, 0.05) is 12.2 Å². The van der Waals surface area contributed by atoms with Gasteiger partial charge in [-0.25, -0.2) is 0 Å². The highest BCUT2D eigenvalue weighted by Crippen LogP contribution is 2.14. The second-order valence-electron chi connectivity index (χ2n) is 4.80. The van der Waals surface area contributed by atoms with Crippen LogP contribution in [0.5, 0.6) is 0 Å². The molecule has 0 unspecified atom stereocenters. The molecule has 16 heavy (non-hydrogen) atoms. The molecule has 0 bridgehead atoms. The quantitative estimate of drug-likeness (QED) is 0.732. The monoisotopic (exact) mass is 221 g/mol. The van der Waals surface area contributed by atoms with E-state index in [-0.39, 0.29) is 17.0 Å². The molecule has 1 aromatic heterocycles. The van der Waals surface area contributed by atoms with Crippen molar-refractivity contribution in [2.75, 3.05) is 0 Å². The maximum atomic E-state index is 12.0. The third kappa shape index (κ3) is 2.60. The number of aldehydes is 1. The fourth-order valence-corrected chi connectivity index (χ4v) is 1.76. The minimum Gasteiger partial charge on any atom is -0.312 e. The zero-order valence-corrected chi connectivity index (χ0v) is 10.4. The van der Waals surface area contributed by atoms with Crippen LogP contribution in [-0.2, 0) is 6.54 Å². The van der Waals surface area contributed by atoms with Crippen molar-refractivity contribution in [1.29, 1.82) is 0 Å². The molecule has 0 fully saturated rings. The van der Waals surface area contributed by atoms with Crippen molar-refractivity contribution in [3.63, 3.8) is 0 Å². The van der Waals surface area contributed by atoms with E-state index in [2.05, 4.69) is 13.8 Å². The fourth-order valence-electron chi connectivity index (χ4n) is 1.76. The van der Waals surface area contributed by atoms with Crippen molar-refractivity contribution in [1.82, 2.24) is 4.57 Å². The Morgan fingerprint density at radius 1 is 1.25 bits per heavy atom. The minimum absolute atomic E-state index is 0.171. The van der Waals surface area contributed by atoms with Crippen LogP contribution in [0.4, 0.5) is 0 Å². The molecule has 0 N–H and O–H groups in total. The van der Waals surface area contributed by atoms with E-state index in [1.54, 1.807) is 10.6 Å². The molecule has 0 saturated heterocycles. The molecule has 1 aromatic rings. The van der Waals surface area contributed by atoms with Crippen molar-refractivity contribution < 1.29 is 4.79 Å². The van der Waals surface area contributed by atoms with E-state index in [4.69, 9.17) is 0 Å². The van der Waals surface area contributed by atoms with Crippen LogP contribution in [0.15, 0.2) is 16.9 Å². The van der Waals surface area contributed by atoms with Gasteiger partial charge in [-0.2, -0.15) is 0 Å². The average molecular weight is 221 g/mol. The highest BCUT2D eigenvalue weighted by molar-refractivity contribution is 5.73. The molecule has 0 aliphatic heterocycles. The Balaban J connectivity index is 3.36. The predicted octanol–water partition coefficient (Wildman–Crippen LogP) is 2.44. The van der Waals surface area contributed by atoms with Crippen molar-refractivity contribution in [3.8, 4) is 0 Å². The van der Waals surface area contributed by atoms with Crippen LogP contribution in [0.25, 0.3) is 0 Å². The van der Waals surface area contributed by atoms with Gasteiger partial charge < -0.3 is 4.57 Å². The third-order valence-electron chi connectivity index (χ3n) is 2.50. The number of aromatic nitrogens is 1. The van der Waals surface area contributed by atoms with E-state index in [9.17, 15) is 9.59 Å². The third-order valence-corrected chi connectivity index (χ3v) is 2.50. The van der Waals surface area contributed by atoms with Gasteiger partial charge in [0.05, 0.1) is 5.56 Å². The maximum absolute atomic E-state index is 12.0. The molecule has 88 valence electrons. The first-order valence-corrected chi connectivity index (χ1v) is 5.66. The van der Waals surface area contributed by atoms with Gasteiger partial charge in [0.1, 0.15) is 0 Å². The number of carbonyl (C=O) groups excluding carboxylic acids is 1. The minimum atomic E-state index is -0.171. The summed E-state index contributed by atoms with van der Waals surface area (Å²) in [6.45, 7) is 8.88. The molecular weight excluding hydrogens is 202 g/mol. The van der Waals surface area contributed by atoms with Crippen LogP contribution in [0, 0.1) is 5.92 Å². The first-order valence-electron chi connectivity index (χ1n) is 5.66. The summed E-state index contributed by atoms with van der Waals surface area (Å²) in [6.07, 6.45) is 0.628. The lowest BCUT2D eigenvalue weighted by atomic mass is 10.1.